The Morgan fingerprint density at radius 1 is 1.20 bits per heavy atom. The van der Waals surface area contributed by atoms with Gasteiger partial charge in [0.2, 0.25) is 0 Å². The molecule has 0 aromatic carbocycles. The van der Waals surface area contributed by atoms with E-state index in [2.05, 4.69) is 39.7 Å². The lowest BCUT2D eigenvalue weighted by atomic mass is 10.1. The van der Waals surface area contributed by atoms with Crippen molar-refractivity contribution >= 4 is 40.6 Å². The van der Waals surface area contributed by atoms with Crippen LogP contribution >= 0.6 is 23.7 Å². The second-order valence-electron chi connectivity index (χ2n) is 8.63. The first-order chi connectivity index (χ1) is 13.9. The van der Waals surface area contributed by atoms with E-state index >= 15 is 0 Å². The van der Waals surface area contributed by atoms with Gasteiger partial charge in [-0.2, -0.15) is 0 Å². The molecule has 3 aliphatic rings. The van der Waals surface area contributed by atoms with Gasteiger partial charge in [-0.1, -0.05) is 11.3 Å². The van der Waals surface area contributed by atoms with Crippen LogP contribution in [-0.4, -0.2) is 64.9 Å². The summed E-state index contributed by atoms with van der Waals surface area (Å²) in [6.45, 7) is 8.56. The SMILES string of the molecule is Cc1nc(N)sc1-c1cc2c(c(N3CCN(C)CC3)n1)C(=O)N([C@@H](C)C1CC1)C2.Cl. The highest BCUT2D eigenvalue weighted by Gasteiger charge is 2.41. The van der Waals surface area contributed by atoms with Gasteiger partial charge in [0.05, 0.1) is 21.8 Å². The minimum Gasteiger partial charge on any atom is -0.375 e. The van der Waals surface area contributed by atoms with Gasteiger partial charge >= 0.3 is 0 Å². The predicted molar refractivity (Wildman–Crippen MR) is 124 cm³/mol. The maximum atomic E-state index is 13.4. The van der Waals surface area contributed by atoms with Crippen LogP contribution < -0.4 is 10.6 Å². The maximum absolute atomic E-state index is 13.4. The van der Waals surface area contributed by atoms with E-state index < -0.39 is 0 Å². The van der Waals surface area contributed by atoms with Crippen LogP contribution in [0.2, 0.25) is 0 Å². The lowest BCUT2D eigenvalue weighted by Crippen LogP contribution is -2.45. The largest absolute Gasteiger partial charge is 0.375 e. The molecule has 2 aromatic rings. The molecule has 0 bridgehead atoms. The number of anilines is 2. The van der Waals surface area contributed by atoms with E-state index in [9.17, 15) is 4.79 Å². The van der Waals surface area contributed by atoms with Crippen LogP contribution in [0.15, 0.2) is 6.07 Å². The van der Waals surface area contributed by atoms with Gasteiger partial charge in [0, 0.05) is 38.8 Å². The molecule has 1 saturated heterocycles. The third-order valence-electron chi connectivity index (χ3n) is 6.54. The molecule has 4 heterocycles. The number of hydrogen-bond donors (Lipinski definition) is 1. The van der Waals surface area contributed by atoms with Crippen LogP contribution in [0.4, 0.5) is 10.9 Å². The van der Waals surface area contributed by atoms with Gasteiger partial charge < -0.3 is 20.4 Å². The standard InChI is InChI=1S/C21H28N6OS.ClH/c1-12-18(29-21(22)23-12)16-10-15-11-27(13(2)14-4-5-14)20(28)17(15)19(24-16)26-8-6-25(3)7-9-26;/h10,13-14H,4-9,11H2,1-3H3,(H2,22,23);1H/t13-;/m0./s1. The number of aryl methyl sites for hydroxylation is 1. The zero-order valence-corrected chi connectivity index (χ0v) is 19.4. The summed E-state index contributed by atoms with van der Waals surface area (Å²) in [6.07, 6.45) is 2.46. The van der Waals surface area contributed by atoms with Gasteiger partial charge in [-0.25, -0.2) is 9.97 Å². The average molecular weight is 449 g/mol. The number of carbonyl (C=O) groups is 1. The van der Waals surface area contributed by atoms with Crippen LogP contribution in [0, 0.1) is 12.8 Å². The molecule has 2 N–H and O–H groups in total. The Labute approximate surface area is 187 Å². The number of aromatic nitrogens is 2. The van der Waals surface area contributed by atoms with Gasteiger partial charge in [0.25, 0.3) is 5.91 Å². The highest BCUT2D eigenvalue weighted by Crippen LogP contribution is 2.42. The highest BCUT2D eigenvalue weighted by atomic mass is 35.5. The lowest BCUT2D eigenvalue weighted by molar-refractivity contribution is 0.0697. The topological polar surface area (TPSA) is 78.6 Å². The molecule has 9 heteroatoms. The number of halogens is 1. The molecule has 1 aliphatic carbocycles. The van der Waals surface area contributed by atoms with Crippen LogP contribution in [0.25, 0.3) is 10.6 Å². The lowest BCUT2D eigenvalue weighted by Gasteiger charge is -2.34. The molecular weight excluding hydrogens is 420 g/mol. The molecule has 2 aliphatic heterocycles. The number of nitrogens with two attached hydrogens (primary N) is 1. The smallest absolute Gasteiger partial charge is 0.258 e. The Balaban J connectivity index is 0.00000218. The normalized spacial score (nSPS) is 20.3. The quantitative estimate of drug-likeness (QED) is 0.774. The summed E-state index contributed by atoms with van der Waals surface area (Å²) < 4.78 is 0. The Kier molecular flexibility index (Phi) is 5.67. The van der Waals surface area contributed by atoms with Gasteiger partial charge in [-0.15, -0.1) is 12.4 Å². The van der Waals surface area contributed by atoms with Crippen LogP contribution in [0.1, 0.15) is 41.4 Å². The number of piperazine rings is 1. The minimum absolute atomic E-state index is 0. The molecular formula is C21H29ClN6OS. The van der Waals surface area contributed by atoms with Crippen molar-refractivity contribution in [2.45, 2.75) is 39.3 Å². The highest BCUT2D eigenvalue weighted by molar-refractivity contribution is 7.18. The number of rotatable bonds is 4. The first-order valence-electron chi connectivity index (χ1n) is 10.4. The minimum atomic E-state index is 0. The van der Waals surface area contributed by atoms with Crippen molar-refractivity contribution in [3.05, 3.63) is 22.9 Å². The monoisotopic (exact) mass is 448 g/mol. The van der Waals surface area contributed by atoms with E-state index in [-0.39, 0.29) is 18.3 Å². The summed E-state index contributed by atoms with van der Waals surface area (Å²) in [4.78, 5) is 30.5. The molecule has 2 aromatic heterocycles. The van der Waals surface area contributed by atoms with E-state index in [0.29, 0.717) is 23.6 Å². The van der Waals surface area contributed by atoms with Crippen molar-refractivity contribution in [2.24, 2.45) is 5.92 Å². The summed E-state index contributed by atoms with van der Waals surface area (Å²) in [5, 5.41) is 0.556. The molecule has 30 heavy (non-hydrogen) atoms. The van der Waals surface area contributed by atoms with Crippen molar-refractivity contribution in [2.75, 3.05) is 43.9 Å². The van der Waals surface area contributed by atoms with Gasteiger partial charge in [0.1, 0.15) is 5.82 Å². The van der Waals surface area contributed by atoms with E-state index in [0.717, 1.165) is 59.4 Å². The molecule has 1 saturated carbocycles. The zero-order valence-electron chi connectivity index (χ0n) is 17.7. The summed E-state index contributed by atoms with van der Waals surface area (Å²) >= 11 is 1.47. The average Bonchev–Trinajstić information content (AvgIpc) is 3.42. The number of amides is 1. The Morgan fingerprint density at radius 2 is 1.90 bits per heavy atom. The summed E-state index contributed by atoms with van der Waals surface area (Å²) in [7, 11) is 2.14. The number of thiazole rings is 1. The first kappa shape index (κ1) is 21.3. The zero-order chi connectivity index (χ0) is 20.3. The van der Waals surface area contributed by atoms with Crippen molar-refractivity contribution in [3.63, 3.8) is 0 Å². The van der Waals surface area contributed by atoms with E-state index in [1.807, 2.05) is 6.92 Å². The van der Waals surface area contributed by atoms with Crippen molar-refractivity contribution < 1.29 is 4.79 Å². The van der Waals surface area contributed by atoms with Crippen LogP contribution in [0.3, 0.4) is 0 Å². The first-order valence-corrected chi connectivity index (χ1v) is 11.3. The van der Waals surface area contributed by atoms with E-state index in [4.69, 9.17) is 10.7 Å². The van der Waals surface area contributed by atoms with Crippen LogP contribution in [-0.2, 0) is 6.54 Å². The van der Waals surface area contributed by atoms with Crippen LogP contribution in [0.5, 0.6) is 0 Å². The molecule has 1 atom stereocenters. The predicted octanol–water partition coefficient (Wildman–Crippen LogP) is 3.02. The fraction of sp³-hybridized carbons (Fsp3) is 0.571. The molecule has 0 spiro atoms. The molecule has 7 nitrogen and oxygen atoms in total. The number of fused-ring (bicyclic) bond motifs is 1. The second kappa shape index (κ2) is 7.98. The molecule has 5 rings (SSSR count). The number of likely N-dealkylation sites (N-methyl/N-ethyl adjacent to an activating group) is 1. The third-order valence-corrected chi connectivity index (χ3v) is 7.55. The van der Waals surface area contributed by atoms with Gasteiger partial charge in [-0.05, 0) is 51.3 Å². The van der Waals surface area contributed by atoms with Gasteiger partial charge in [-0.3, -0.25) is 4.79 Å². The van der Waals surface area contributed by atoms with Gasteiger partial charge in [0.15, 0.2) is 5.13 Å². The Morgan fingerprint density at radius 3 is 2.50 bits per heavy atom. The molecule has 0 radical (unpaired) electrons. The van der Waals surface area contributed by atoms with Crippen molar-refractivity contribution in [1.82, 2.24) is 19.8 Å². The molecule has 2 fully saturated rings. The fourth-order valence-electron chi connectivity index (χ4n) is 4.52. The fourth-order valence-corrected chi connectivity index (χ4v) is 5.31. The van der Waals surface area contributed by atoms with Crippen molar-refractivity contribution in [1.29, 1.82) is 0 Å². The number of pyridine rings is 1. The third kappa shape index (κ3) is 3.65. The van der Waals surface area contributed by atoms with Crippen molar-refractivity contribution in [3.8, 4) is 10.6 Å². The Hall–Kier alpha value is -1.90. The molecule has 162 valence electrons. The maximum Gasteiger partial charge on any atom is 0.258 e. The number of nitrogen functional groups attached to an aromatic ring is 1. The Bertz CT molecular complexity index is 967. The number of carbonyl (C=O) groups excluding carboxylic acids is 1. The molecule has 1 amide bonds. The summed E-state index contributed by atoms with van der Waals surface area (Å²) in [6, 6.07) is 2.38. The summed E-state index contributed by atoms with van der Waals surface area (Å²) in [5.74, 6) is 1.64. The summed E-state index contributed by atoms with van der Waals surface area (Å²) in [5.41, 5.74) is 9.64. The molecule has 0 unspecified atom stereocenters. The number of hydrogen-bond acceptors (Lipinski definition) is 7. The number of nitrogens with zero attached hydrogens (tertiary/aromatic N) is 5. The second-order valence-corrected chi connectivity index (χ2v) is 9.66. The van der Waals surface area contributed by atoms with E-state index in [1.54, 1.807) is 0 Å². The van der Waals surface area contributed by atoms with E-state index in [1.165, 1.54) is 24.2 Å².